The highest BCUT2D eigenvalue weighted by Crippen LogP contribution is 2.34. The molecule has 0 saturated carbocycles. The van der Waals surface area contributed by atoms with E-state index in [2.05, 4.69) is 0 Å². The molecule has 0 fully saturated rings. The van der Waals surface area contributed by atoms with Crippen molar-refractivity contribution in [3.05, 3.63) is 89.5 Å². The molecule has 0 aliphatic heterocycles. The van der Waals surface area contributed by atoms with Crippen LogP contribution in [0.25, 0.3) is 0 Å². The fourth-order valence-corrected chi connectivity index (χ4v) is 3.53. The lowest BCUT2D eigenvalue weighted by atomic mass is 9.85. The Morgan fingerprint density at radius 2 is 0.941 bits per heavy atom. The molecule has 3 unspecified atom stereocenters. The van der Waals surface area contributed by atoms with Crippen molar-refractivity contribution >= 4 is 0 Å². The van der Waals surface area contributed by atoms with Crippen LogP contribution in [-0.4, -0.2) is 53.5 Å². The lowest BCUT2D eigenvalue weighted by Crippen LogP contribution is -2.16. The molecule has 3 aromatic carbocycles. The topological polar surface area (TPSA) is 88.4 Å². The number of benzene rings is 3. The van der Waals surface area contributed by atoms with Crippen molar-refractivity contribution in [2.24, 2.45) is 0 Å². The predicted octanol–water partition coefficient (Wildman–Crippen LogP) is 4.15. The first kappa shape index (κ1) is 25.6. The van der Waals surface area contributed by atoms with Gasteiger partial charge >= 0.3 is 0 Å². The van der Waals surface area contributed by atoms with Crippen LogP contribution in [0.3, 0.4) is 0 Å². The molecule has 0 saturated heterocycles. The maximum atomic E-state index is 9.46. The van der Waals surface area contributed by atoms with Crippen LogP contribution >= 0.6 is 0 Å². The first-order chi connectivity index (χ1) is 16.4. The molecule has 0 spiro atoms. The van der Waals surface area contributed by atoms with Gasteiger partial charge in [-0.05, 0) is 73.9 Å². The molecule has 0 aliphatic rings. The Bertz CT molecular complexity index is 925. The molecule has 0 bridgehead atoms. The van der Waals surface area contributed by atoms with E-state index in [-0.39, 0.29) is 31.8 Å². The smallest absolute Gasteiger partial charge is 0.119 e. The summed E-state index contributed by atoms with van der Waals surface area (Å²) in [5, 5.41) is 28.2. The van der Waals surface area contributed by atoms with Crippen LogP contribution in [0.5, 0.6) is 17.2 Å². The van der Waals surface area contributed by atoms with Gasteiger partial charge in [-0.15, -0.1) is 0 Å². The van der Waals surface area contributed by atoms with E-state index in [1.165, 1.54) is 0 Å². The van der Waals surface area contributed by atoms with Crippen LogP contribution in [-0.2, 0) is 0 Å². The summed E-state index contributed by atoms with van der Waals surface area (Å²) in [6, 6.07) is 23.6. The summed E-state index contributed by atoms with van der Waals surface area (Å²) in [4.78, 5) is 0. The quantitative estimate of drug-likeness (QED) is 0.348. The van der Waals surface area contributed by atoms with Crippen LogP contribution < -0.4 is 14.2 Å². The molecule has 0 aliphatic carbocycles. The summed E-state index contributed by atoms with van der Waals surface area (Å²) < 4.78 is 16.9. The minimum absolute atomic E-state index is 0.0408. The van der Waals surface area contributed by atoms with Gasteiger partial charge in [0.05, 0.1) is 18.8 Å². The number of hydrogen-bond donors (Lipinski definition) is 3. The summed E-state index contributed by atoms with van der Waals surface area (Å²) >= 11 is 0. The van der Waals surface area contributed by atoms with Gasteiger partial charge in [-0.2, -0.15) is 0 Å². The zero-order valence-corrected chi connectivity index (χ0v) is 19.9. The Hall–Kier alpha value is -3.06. The molecule has 6 nitrogen and oxygen atoms in total. The van der Waals surface area contributed by atoms with Gasteiger partial charge in [-0.25, -0.2) is 0 Å². The second kappa shape index (κ2) is 12.4. The SMILES string of the molecule is CC(O)COc1ccc(C(c2ccc(OCC(C)O)cc2)c2ccc(OC(C)CO)cc2)cc1. The zero-order valence-electron chi connectivity index (χ0n) is 19.9. The molecule has 0 aromatic heterocycles. The Labute approximate surface area is 201 Å². The largest absolute Gasteiger partial charge is 0.491 e. The van der Waals surface area contributed by atoms with Crippen molar-refractivity contribution in [2.45, 2.75) is 45.0 Å². The highest BCUT2D eigenvalue weighted by Gasteiger charge is 2.18. The van der Waals surface area contributed by atoms with Gasteiger partial charge < -0.3 is 29.5 Å². The second-order valence-corrected chi connectivity index (χ2v) is 8.57. The number of hydrogen-bond acceptors (Lipinski definition) is 6. The summed E-state index contributed by atoms with van der Waals surface area (Å²) in [7, 11) is 0. The standard InChI is InChI=1S/C28H34O6/c1-19(30)17-32-25-10-4-22(5-11-25)28(23-6-12-26(13-7-23)33-18-20(2)31)24-8-14-27(15-9-24)34-21(3)16-29/h4-15,19-21,28-31H,16-18H2,1-3H3. The van der Waals surface area contributed by atoms with Crippen molar-refractivity contribution in [2.75, 3.05) is 19.8 Å². The first-order valence-corrected chi connectivity index (χ1v) is 11.5. The minimum Gasteiger partial charge on any atom is -0.491 e. The lowest BCUT2D eigenvalue weighted by molar-refractivity contribution is 0.122. The first-order valence-electron chi connectivity index (χ1n) is 11.5. The third-order valence-corrected chi connectivity index (χ3v) is 5.22. The predicted molar refractivity (Wildman–Crippen MR) is 132 cm³/mol. The zero-order chi connectivity index (χ0) is 24.5. The second-order valence-electron chi connectivity index (χ2n) is 8.57. The molecule has 3 aromatic rings. The lowest BCUT2D eigenvalue weighted by Gasteiger charge is -2.21. The number of rotatable bonds is 12. The van der Waals surface area contributed by atoms with Crippen LogP contribution in [0.1, 0.15) is 43.4 Å². The molecule has 3 atom stereocenters. The van der Waals surface area contributed by atoms with E-state index in [9.17, 15) is 15.3 Å². The Morgan fingerprint density at radius 1 is 0.588 bits per heavy atom. The molecule has 182 valence electrons. The fraction of sp³-hybridized carbons (Fsp3) is 0.357. The molecule has 0 heterocycles. The Kier molecular flexibility index (Phi) is 9.33. The highest BCUT2D eigenvalue weighted by atomic mass is 16.5. The summed E-state index contributed by atoms with van der Waals surface area (Å²) in [5.74, 6) is 2.06. The van der Waals surface area contributed by atoms with E-state index in [1.54, 1.807) is 13.8 Å². The van der Waals surface area contributed by atoms with Crippen molar-refractivity contribution in [3.8, 4) is 17.2 Å². The van der Waals surface area contributed by atoms with E-state index < -0.39 is 12.2 Å². The molecule has 0 amide bonds. The maximum absolute atomic E-state index is 9.46. The van der Waals surface area contributed by atoms with Gasteiger partial charge in [0, 0.05) is 5.92 Å². The summed E-state index contributed by atoms with van der Waals surface area (Å²) in [6.07, 6.45) is -1.34. The van der Waals surface area contributed by atoms with Crippen molar-refractivity contribution in [1.82, 2.24) is 0 Å². The molecule has 3 rings (SSSR count). The van der Waals surface area contributed by atoms with Gasteiger partial charge in [0.15, 0.2) is 0 Å². The molecule has 0 radical (unpaired) electrons. The highest BCUT2D eigenvalue weighted by molar-refractivity contribution is 5.46. The van der Waals surface area contributed by atoms with E-state index in [4.69, 9.17) is 14.2 Å². The number of aliphatic hydroxyl groups excluding tert-OH is 3. The number of aliphatic hydroxyl groups is 3. The van der Waals surface area contributed by atoms with Gasteiger partial charge in [-0.1, -0.05) is 36.4 Å². The fourth-order valence-electron chi connectivity index (χ4n) is 3.53. The van der Waals surface area contributed by atoms with E-state index >= 15 is 0 Å². The van der Waals surface area contributed by atoms with Crippen molar-refractivity contribution < 1.29 is 29.5 Å². The van der Waals surface area contributed by atoms with Crippen LogP contribution in [0, 0.1) is 0 Å². The van der Waals surface area contributed by atoms with E-state index in [0.717, 1.165) is 16.7 Å². The van der Waals surface area contributed by atoms with Crippen LogP contribution in [0.2, 0.25) is 0 Å². The average molecular weight is 467 g/mol. The third-order valence-electron chi connectivity index (χ3n) is 5.22. The van der Waals surface area contributed by atoms with Gasteiger partial charge in [0.25, 0.3) is 0 Å². The summed E-state index contributed by atoms with van der Waals surface area (Å²) in [6.45, 7) is 5.63. The van der Waals surface area contributed by atoms with E-state index in [1.807, 2.05) is 79.7 Å². The molecular weight excluding hydrogens is 432 g/mol. The molecule has 3 N–H and O–H groups in total. The van der Waals surface area contributed by atoms with Crippen LogP contribution in [0.4, 0.5) is 0 Å². The molecular formula is C28H34O6. The van der Waals surface area contributed by atoms with Gasteiger partial charge in [0.2, 0.25) is 0 Å². The normalized spacial score (nSPS) is 14.6. The van der Waals surface area contributed by atoms with Crippen LogP contribution in [0.15, 0.2) is 72.8 Å². The molecule has 6 heteroatoms. The Morgan fingerprint density at radius 3 is 1.26 bits per heavy atom. The third kappa shape index (κ3) is 7.48. The van der Waals surface area contributed by atoms with Gasteiger partial charge in [-0.3, -0.25) is 0 Å². The van der Waals surface area contributed by atoms with E-state index in [0.29, 0.717) is 17.2 Å². The Balaban J connectivity index is 1.89. The maximum Gasteiger partial charge on any atom is 0.119 e. The average Bonchev–Trinajstić information content (AvgIpc) is 2.84. The number of ether oxygens (including phenoxy) is 3. The van der Waals surface area contributed by atoms with Crippen molar-refractivity contribution in [1.29, 1.82) is 0 Å². The minimum atomic E-state index is -0.531. The van der Waals surface area contributed by atoms with Crippen molar-refractivity contribution in [3.63, 3.8) is 0 Å². The summed E-state index contributed by atoms with van der Waals surface area (Å²) in [5.41, 5.74) is 3.25. The molecule has 34 heavy (non-hydrogen) atoms. The monoisotopic (exact) mass is 466 g/mol. The van der Waals surface area contributed by atoms with Gasteiger partial charge in [0.1, 0.15) is 36.6 Å².